The van der Waals surface area contributed by atoms with E-state index in [1.54, 1.807) is 13.4 Å². The summed E-state index contributed by atoms with van der Waals surface area (Å²) in [5, 5.41) is 3.09. The molecule has 0 spiro atoms. The highest BCUT2D eigenvalue weighted by Crippen LogP contribution is 2.19. The zero-order valence-corrected chi connectivity index (χ0v) is 14.0. The number of ether oxygens (including phenoxy) is 1. The molecule has 0 radical (unpaired) electrons. The molecule has 24 heavy (non-hydrogen) atoms. The number of nitrogens with zero attached hydrogens (tertiary/aromatic N) is 1. The number of carbonyl (C=O) groups is 1. The summed E-state index contributed by atoms with van der Waals surface area (Å²) in [6.45, 7) is 2.03. The van der Waals surface area contributed by atoms with Gasteiger partial charge in [-0.1, -0.05) is 24.3 Å². The molecule has 1 aliphatic rings. The number of fused-ring (bicyclic) bond motifs is 1. The lowest BCUT2D eigenvalue weighted by Gasteiger charge is -2.24. The number of hydrogen-bond donors (Lipinski definition) is 1. The van der Waals surface area contributed by atoms with Gasteiger partial charge >= 0.3 is 6.03 Å². The normalized spacial score (nSPS) is 15.5. The van der Waals surface area contributed by atoms with E-state index in [-0.39, 0.29) is 12.1 Å². The SMILES string of the molecule is COCC[C@@H](NC(=O)N1CCc2ccccc2CC1)c1ccco1. The predicted octanol–water partition coefficient (Wildman–Crippen LogP) is 3.17. The summed E-state index contributed by atoms with van der Waals surface area (Å²) in [6.07, 6.45) is 4.11. The molecular weight excluding hydrogens is 304 g/mol. The first-order chi connectivity index (χ1) is 11.8. The Morgan fingerprint density at radius 3 is 2.50 bits per heavy atom. The minimum atomic E-state index is -0.168. The van der Waals surface area contributed by atoms with Crippen molar-refractivity contribution < 1.29 is 13.9 Å². The van der Waals surface area contributed by atoms with Gasteiger partial charge in [-0.3, -0.25) is 0 Å². The lowest BCUT2D eigenvalue weighted by molar-refractivity contribution is 0.168. The number of furan rings is 1. The summed E-state index contributed by atoms with van der Waals surface area (Å²) < 4.78 is 10.6. The fourth-order valence-electron chi connectivity index (χ4n) is 3.12. The Bertz CT molecular complexity index is 627. The third-order valence-electron chi connectivity index (χ3n) is 4.50. The van der Waals surface area contributed by atoms with Gasteiger partial charge in [0.05, 0.1) is 12.3 Å². The summed E-state index contributed by atoms with van der Waals surface area (Å²) in [7, 11) is 1.66. The molecule has 1 N–H and O–H groups in total. The molecule has 1 atom stereocenters. The van der Waals surface area contributed by atoms with Crippen molar-refractivity contribution >= 4 is 6.03 Å². The molecule has 0 bridgehead atoms. The van der Waals surface area contributed by atoms with E-state index in [1.165, 1.54) is 11.1 Å². The van der Waals surface area contributed by atoms with E-state index in [1.807, 2.05) is 17.0 Å². The monoisotopic (exact) mass is 328 g/mol. The van der Waals surface area contributed by atoms with Crippen molar-refractivity contribution in [3.63, 3.8) is 0 Å². The molecule has 1 aromatic carbocycles. The number of carbonyl (C=O) groups excluding carboxylic acids is 1. The number of rotatable bonds is 5. The molecule has 2 heterocycles. The molecule has 0 unspecified atom stereocenters. The van der Waals surface area contributed by atoms with Crippen LogP contribution < -0.4 is 5.32 Å². The van der Waals surface area contributed by atoms with Crippen molar-refractivity contribution in [1.82, 2.24) is 10.2 Å². The molecule has 1 aliphatic heterocycles. The topological polar surface area (TPSA) is 54.7 Å². The molecule has 1 aromatic heterocycles. The molecular formula is C19H24N2O3. The molecule has 128 valence electrons. The smallest absolute Gasteiger partial charge is 0.318 e. The Morgan fingerprint density at radius 1 is 1.21 bits per heavy atom. The lowest BCUT2D eigenvalue weighted by Crippen LogP contribution is -2.43. The van der Waals surface area contributed by atoms with Crippen molar-refractivity contribution in [3.05, 3.63) is 59.5 Å². The van der Waals surface area contributed by atoms with Crippen LogP contribution in [0, 0.1) is 0 Å². The van der Waals surface area contributed by atoms with Crippen LogP contribution in [0.25, 0.3) is 0 Å². The van der Waals surface area contributed by atoms with Crippen LogP contribution in [0.1, 0.15) is 29.3 Å². The van der Waals surface area contributed by atoms with E-state index in [4.69, 9.17) is 9.15 Å². The maximum Gasteiger partial charge on any atom is 0.318 e. The van der Waals surface area contributed by atoms with E-state index >= 15 is 0 Å². The van der Waals surface area contributed by atoms with E-state index < -0.39 is 0 Å². The number of urea groups is 1. The molecule has 3 rings (SSSR count). The molecule has 0 aliphatic carbocycles. The van der Waals surface area contributed by atoms with Gasteiger partial charge in [0, 0.05) is 26.8 Å². The molecule has 2 amide bonds. The fourth-order valence-corrected chi connectivity index (χ4v) is 3.12. The van der Waals surface area contributed by atoms with Crippen molar-refractivity contribution in [2.75, 3.05) is 26.8 Å². The van der Waals surface area contributed by atoms with Crippen LogP contribution in [0.3, 0.4) is 0 Å². The van der Waals surface area contributed by atoms with Crippen molar-refractivity contribution in [2.45, 2.75) is 25.3 Å². The average Bonchev–Trinajstić information content (AvgIpc) is 3.05. The van der Waals surface area contributed by atoms with E-state index in [2.05, 4.69) is 29.6 Å². The van der Waals surface area contributed by atoms with E-state index in [0.29, 0.717) is 13.0 Å². The molecule has 5 heteroatoms. The quantitative estimate of drug-likeness (QED) is 0.917. The maximum atomic E-state index is 12.7. The molecule has 0 saturated heterocycles. The molecule has 5 nitrogen and oxygen atoms in total. The highest BCUT2D eigenvalue weighted by atomic mass is 16.5. The second-order valence-corrected chi connectivity index (χ2v) is 6.05. The Kier molecular flexibility index (Phi) is 5.54. The highest BCUT2D eigenvalue weighted by molar-refractivity contribution is 5.74. The van der Waals surface area contributed by atoms with Gasteiger partial charge in [0.1, 0.15) is 5.76 Å². The average molecular weight is 328 g/mol. The van der Waals surface area contributed by atoms with Gasteiger partial charge in [-0.05, 0) is 42.5 Å². The summed E-state index contributed by atoms with van der Waals surface area (Å²) in [6, 6.07) is 11.9. The summed E-state index contributed by atoms with van der Waals surface area (Å²) in [5.74, 6) is 0.763. The van der Waals surface area contributed by atoms with Crippen LogP contribution in [-0.2, 0) is 17.6 Å². The standard InChI is InChI=1S/C19H24N2O3/c1-23-14-10-17(18-7-4-13-24-18)20-19(22)21-11-8-15-5-2-3-6-16(15)9-12-21/h2-7,13,17H,8-12,14H2,1H3,(H,20,22)/t17-/m1/s1. The minimum absolute atomic E-state index is 0.0414. The first kappa shape index (κ1) is 16.6. The number of methoxy groups -OCH3 is 1. The van der Waals surface area contributed by atoms with E-state index in [0.717, 1.165) is 31.7 Å². The molecule has 0 fully saturated rings. The number of nitrogens with one attached hydrogen (secondary N) is 1. The maximum absolute atomic E-state index is 12.7. The van der Waals surface area contributed by atoms with Gasteiger partial charge < -0.3 is 19.4 Å². The predicted molar refractivity (Wildman–Crippen MR) is 91.9 cm³/mol. The first-order valence-electron chi connectivity index (χ1n) is 8.42. The number of benzene rings is 1. The lowest BCUT2D eigenvalue weighted by atomic mass is 10.0. The largest absolute Gasteiger partial charge is 0.467 e. The third-order valence-corrected chi connectivity index (χ3v) is 4.50. The number of amides is 2. The summed E-state index contributed by atoms with van der Waals surface area (Å²) >= 11 is 0. The third kappa shape index (κ3) is 3.97. The van der Waals surface area contributed by atoms with Gasteiger partial charge in [-0.15, -0.1) is 0 Å². The molecule has 0 saturated carbocycles. The van der Waals surface area contributed by atoms with Crippen molar-refractivity contribution in [2.24, 2.45) is 0 Å². The van der Waals surface area contributed by atoms with Gasteiger partial charge in [0.15, 0.2) is 0 Å². The Labute approximate surface area is 142 Å². The summed E-state index contributed by atoms with van der Waals surface area (Å²) in [5.41, 5.74) is 2.68. The van der Waals surface area contributed by atoms with E-state index in [9.17, 15) is 4.79 Å². The van der Waals surface area contributed by atoms with Crippen LogP contribution in [0.2, 0.25) is 0 Å². The molecule has 2 aromatic rings. The van der Waals surface area contributed by atoms with Crippen LogP contribution in [0.4, 0.5) is 4.79 Å². The minimum Gasteiger partial charge on any atom is -0.467 e. The van der Waals surface area contributed by atoms with Gasteiger partial charge in [-0.25, -0.2) is 4.79 Å². The highest BCUT2D eigenvalue weighted by Gasteiger charge is 2.22. The zero-order chi connectivity index (χ0) is 16.8. The zero-order valence-electron chi connectivity index (χ0n) is 14.0. The van der Waals surface area contributed by atoms with Crippen molar-refractivity contribution in [1.29, 1.82) is 0 Å². The number of hydrogen-bond acceptors (Lipinski definition) is 3. The second-order valence-electron chi connectivity index (χ2n) is 6.05. The van der Waals surface area contributed by atoms with Crippen LogP contribution >= 0.6 is 0 Å². The van der Waals surface area contributed by atoms with Crippen LogP contribution in [0.15, 0.2) is 47.1 Å². The second kappa shape index (κ2) is 8.02. The Morgan fingerprint density at radius 2 is 1.92 bits per heavy atom. The Hall–Kier alpha value is -2.27. The summed E-state index contributed by atoms with van der Waals surface area (Å²) in [4.78, 5) is 14.6. The van der Waals surface area contributed by atoms with Crippen molar-refractivity contribution in [3.8, 4) is 0 Å². The van der Waals surface area contributed by atoms with Gasteiger partial charge in [-0.2, -0.15) is 0 Å². The van der Waals surface area contributed by atoms with Gasteiger partial charge in [0.2, 0.25) is 0 Å². The van der Waals surface area contributed by atoms with Crippen LogP contribution in [-0.4, -0.2) is 37.7 Å². The Balaban J connectivity index is 1.63. The van der Waals surface area contributed by atoms with Crippen LogP contribution in [0.5, 0.6) is 0 Å². The van der Waals surface area contributed by atoms with Gasteiger partial charge in [0.25, 0.3) is 0 Å². The fraction of sp³-hybridized carbons (Fsp3) is 0.421. The first-order valence-corrected chi connectivity index (χ1v) is 8.42.